The summed E-state index contributed by atoms with van der Waals surface area (Å²) in [5.74, 6) is 3.02. The molecule has 1 aliphatic heterocycles. The van der Waals surface area contributed by atoms with Gasteiger partial charge in [0.25, 0.3) is 0 Å². The van der Waals surface area contributed by atoms with Crippen LogP contribution in [-0.4, -0.2) is 19.2 Å². The van der Waals surface area contributed by atoms with Crippen LogP contribution in [0.1, 0.15) is 65.2 Å². The predicted molar refractivity (Wildman–Crippen MR) is 81.1 cm³/mol. The minimum atomic E-state index is 0.480. The molecule has 0 aromatic rings. The molecule has 1 saturated carbocycles. The highest BCUT2D eigenvalue weighted by Crippen LogP contribution is 2.35. The van der Waals surface area contributed by atoms with E-state index in [2.05, 4.69) is 25.2 Å². The van der Waals surface area contributed by atoms with Gasteiger partial charge in [-0.2, -0.15) is 0 Å². The molecule has 19 heavy (non-hydrogen) atoms. The van der Waals surface area contributed by atoms with E-state index in [-0.39, 0.29) is 0 Å². The summed E-state index contributed by atoms with van der Waals surface area (Å²) < 4.78 is 5.92. The molecule has 1 fully saturated rings. The molecule has 2 rings (SSSR count). The van der Waals surface area contributed by atoms with Gasteiger partial charge in [-0.1, -0.05) is 39.5 Å². The fourth-order valence-corrected chi connectivity index (χ4v) is 3.73. The summed E-state index contributed by atoms with van der Waals surface area (Å²) in [6, 6.07) is 0.480. The largest absolute Gasteiger partial charge is 0.497 e. The van der Waals surface area contributed by atoms with E-state index in [1.165, 1.54) is 57.1 Å². The Morgan fingerprint density at radius 1 is 1.26 bits per heavy atom. The van der Waals surface area contributed by atoms with Crippen molar-refractivity contribution in [2.45, 2.75) is 71.3 Å². The molecule has 2 aliphatic rings. The zero-order chi connectivity index (χ0) is 13.5. The monoisotopic (exact) mass is 265 g/mol. The van der Waals surface area contributed by atoms with E-state index in [1.54, 1.807) is 0 Å². The van der Waals surface area contributed by atoms with Crippen molar-refractivity contribution in [3.63, 3.8) is 0 Å². The Morgan fingerprint density at radius 2 is 2.05 bits per heavy atom. The van der Waals surface area contributed by atoms with Gasteiger partial charge in [-0.25, -0.2) is 0 Å². The number of ether oxygens (including phenoxy) is 1. The molecule has 2 heteroatoms. The van der Waals surface area contributed by atoms with E-state index in [1.807, 2.05) is 0 Å². The first-order valence-electron chi connectivity index (χ1n) is 8.41. The lowest BCUT2D eigenvalue weighted by atomic mass is 9.76. The maximum absolute atomic E-state index is 5.92. The fraction of sp³-hybridized carbons (Fsp3) is 0.882. The van der Waals surface area contributed by atoms with Crippen molar-refractivity contribution in [3.05, 3.63) is 11.8 Å². The van der Waals surface area contributed by atoms with Crippen molar-refractivity contribution >= 4 is 0 Å². The molecule has 1 heterocycles. The molecule has 0 saturated heterocycles. The average molecular weight is 265 g/mol. The zero-order valence-electron chi connectivity index (χ0n) is 12.8. The van der Waals surface area contributed by atoms with E-state index in [0.717, 1.165) is 25.0 Å². The van der Waals surface area contributed by atoms with Gasteiger partial charge in [0.15, 0.2) is 0 Å². The highest BCUT2D eigenvalue weighted by atomic mass is 16.5. The van der Waals surface area contributed by atoms with Gasteiger partial charge in [-0.3, -0.25) is 0 Å². The summed E-state index contributed by atoms with van der Waals surface area (Å²) in [6.45, 7) is 6.48. The zero-order valence-corrected chi connectivity index (χ0v) is 12.8. The van der Waals surface area contributed by atoms with Crippen molar-refractivity contribution in [1.82, 2.24) is 5.32 Å². The van der Waals surface area contributed by atoms with Gasteiger partial charge in [0, 0.05) is 0 Å². The SMILES string of the molecule is CCCC1CCC(C(NCC)C2=CCCCO2)CC1. The van der Waals surface area contributed by atoms with Crippen LogP contribution < -0.4 is 5.32 Å². The van der Waals surface area contributed by atoms with E-state index in [4.69, 9.17) is 4.74 Å². The molecule has 0 amide bonds. The second-order valence-corrected chi connectivity index (χ2v) is 6.20. The van der Waals surface area contributed by atoms with Crippen LogP contribution in [0.15, 0.2) is 11.8 Å². The van der Waals surface area contributed by atoms with E-state index in [0.29, 0.717) is 6.04 Å². The number of rotatable bonds is 6. The number of nitrogens with one attached hydrogen (secondary N) is 1. The molecule has 0 radical (unpaired) electrons. The molecular formula is C17H31NO. The smallest absolute Gasteiger partial charge is 0.109 e. The third-order valence-corrected chi connectivity index (χ3v) is 4.75. The highest BCUT2D eigenvalue weighted by molar-refractivity contribution is 5.08. The Labute approximate surface area is 119 Å². The van der Waals surface area contributed by atoms with Crippen LogP contribution >= 0.6 is 0 Å². The lowest BCUT2D eigenvalue weighted by Gasteiger charge is -2.36. The first-order valence-corrected chi connectivity index (χ1v) is 8.41. The predicted octanol–water partition coefficient (Wildman–Crippen LogP) is 4.27. The topological polar surface area (TPSA) is 21.3 Å². The Bertz CT molecular complexity index is 279. The first-order chi connectivity index (χ1) is 9.35. The number of likely N-dealkylation sites (N-methyl/N-ethyl adjacent to an activating group) is 1. The van der Waals surface area contributed by atoms with E-state index >= 15 is 0 Å². The normalized spacial score (nSPS) is 29.5. The van der Waals surface area contributed by atoms with Crippen molar-refractivity contribution in [1.29, 1.82) is 0 Å². The fourth-order valence-electron chi connectivity index (χ4n) is 3.73. The van der Waals surface area contributed by atoms with E-state index < -0.39 is 0 Å². The second-order valence-electron chi connectivity index (χ2n) is 6.20. The Morgan fingerprint density at radius 3 is 2.63 bits per heavy atom. The van der Waals surface area contributed by atoms with Crippen LogP contribution in [0.2, 0.25) is 0 Å². The van der Waals surface area contributed by atoms with Crippen LogP contribution in [0.4, 0.5) is 0 Å². The van der Waals surface area contributed by atoms with Crippen LogP contribution in [0.3, 0.4) is 0 Å². The average Bonchev–Trinajstić information content (AvgIpc) is 2.47. The Kier molecular flexibility index (Phi) is 6.22. The maximum Gasteiger partial charge on any atom is 0.109 e. The molecule has 0 spiro atoms. The molecule has 0 aromatic carbocycles. The summed E-state index contributed by atoms with van der Waals surface area (Å²) in [5.41, 5.74) is 0. The molecular weight excluding hydrogens is 234 g/mol. The number of hydrogen-bond donors (Lipinski definition) is 1. The van der Waals surface area contributed by atoms with Gasteiger partial charge in [0.05, 0.1) is 12.6 Å². The van der Waals surface area contributed by atoms with Crippen LogP contribution in [-0.2, 0) is 4.74 Å². The van der Waals surface area contributed by atoms with Crippen molar-refractivity contribution < 1.29 is 4.74 Å². The molecule has 110 valence electrons. The maximum atomic E-state index is 5.92. The van der Waals surface area contributed by atoms with Crippen LogP contribution in [0, 0.1) is 11.8 Å². The molecule has 2 nitrogen and oxygen atoms in total. The summed E-state index contributed by atoms with van der Waals surface area (Å²) >= 11 is 0. The van der Waals surface area contributed by atoms with Gasteiger partial charge in [0.1, 0.15) is 5.76 Å². The first kappa shape index (κ1) is 14.9. The Hall–Kier alpha value is -0.500. The standard InChI is InChI=1S/C17H31NO/c1-3-7-14-9-11-15(12-10-14)17(18-4-2)16-8-5-6-13-19-16/h8,14-15,17-18H,3-7,9-13H2,1-2H3. The second kappa shape index (κ2) is 7.94. The Balaban J connectivity index is 1.91. The summed E-state index contributed by atoms with van der Waals surface area (Å²) in [6.07, 6.45) is 13.1. The van der Waals surface area contributed by atoms with Gasteiger partial charge in [-0.05, 0) is 50.1 Å². The third-order valence-electron chi connectivity index (χ3n) is 4.75. The number of hydrogen-bond acceptors (Lipinski definition) is 2. The summed E-state index contributed by atoms with van der Waals surface area (Å²) in [5, 5.41) is 3.68. The summed E-state index contributed by atoms with van der Waals surface area (Å²) in [7, 11) is 0. The molecule has 0 aromatic heterocycles. The quantitative estimate of drug-likeness (QED) is 0.774. The van der Waals surface area contributed by atoms with Crippen LogP contribution in [0.5, 0.6) is 0 Å². The summed E-state index contributed by atoms with van der Waals surface area (Å²) in [4.78, 5) is 0. The van der Waals surface area contributed by atoms with Crippen molar-refractivity contribution in [3.8, 4) is 0 Å². The van der Waals surface area contributed by atoms with Gasteiger partial charge >= 0.3 is 0 Å². The molecule has 1 aliphatic carbocycles. The minimum Gasteiger partial charge on any atom is -0.497 e. The highest BCUT2D eigenvalue weighted by Gasteiger charge is 2.30. The third kappa shape index (κ3) is 4.24. The van der Waals surface area contributed by atoms with Crippen LogP contribution in [0.25, 0.3) is 0 Å². The van der Waals surface area contributed by atoms with Crippen molar-refractivity contribution in [2.75, 3.05) is 13.2 Å². The minimum absolute atomic E-state index is 0.480. The van der Waals surface area contributed by atoms with Gasteiger partial charge in [-0.15, -0.1) is 0 Å². The molecule has 1 unspecified atom stereocenters. The van der Waals surface area contributed by atoms with Gasteiger partial charge in [0.2, 0.25) is 0 Å². The molecule has 1 N–H and O–H groups in total. The lowest BCUT2D eigenvalue weighted by molar-refractivity contribution is 0.131. The van der Waals surface area contributed by atoms with Crippen molar-refractivity contribution in [2.24, 2.45) is 11.8 Å². The van der Waals surface area contributed by atoms with E-state index in [9.17, 15) is 0 Å². The lowest BCUT2D eigenvalue weighted by Crippen LogP contribution is -2.40. The number of allylic oxidation sites excluding steroid dienone is 1. The molecule has 0 bridgehead atoms. The molecule has 1 atom stereocenters. The van der Waals surface area contributed by atoms with Gasteiger partial charge < -0.3 is 10.1 Å².